The van der Waals surface area contributed by atoms with Crippen LogP contribution >= 0.6 is 11.3 Å². The lowest BCUT2D eigenvalue weighted by Gasteiger charge is -2.03. The monoisotopic (exact) mass is 458 g/mol. The van der Waals surface area contributed by atoms with Crippen molar-refractivity contribution >= 4 is 34.3 Å². The van der Waals surface area contributed by atoms with E-state index in [1.807, 2.05) is 55.5 Å². The highest BCUT2D eigenvalue weighted by Gasteiger charge is 2.15. The summed E-state index contributed by atoms with van der Waals surface area (Å²) in [5.74, 6) is 0.0916. The molecule has 1 N–H and O–H groups in total. The molecule has 3 aromatic heterocycles. The van der Waals surface area contributed by atoms with Crippen molar-refractivity contribution < 1.29 is 18.7 Å². The number of carbonyl (C=O) groups excluding carboxylic acids is 2. The van der Waals surface area contributed by atoms with Crippen molar-refractivity contribution in [3.63, 3.8) is 0 Å². The van der Waals surface area contributed by atoms with Crippen LogP contribution in [0.25, 0.3) is 23.2 Å². The molecule has 8 nitrogen and oxygen atoms in total. The molecule has 164 valence electrons. The number of amides is 1. The van der Waals surface area contributed by atoms with Crippen LogP contribution in [0, 0.1) is 18.3 Å². The van der Waals surface area contributed by atoms with Crippen molar-refractivity contribution in [1.29, 1.82) is 5.26 Å². The van der Waals surface area contributed by atoms with Crippen LogP contribution in [0.2, 0.25) is 0 Å². The molecule has 0 spiro atoms. The highest BCUT2D eigenvalue weighted by molar-refractivity contribution is 7.14. The molecule has 0 aliphatic rings. The van der Waals surface area contributed by atoms with E-state index in [0.717, 1.165) is 11.4 Å². The van der Waals surface area contributed by atoms with Crippen molar-refractivity contribution in [2.75, 3.05) is 11.9 Å². The van der Waals surface area contributed by atoms with E-state index in [1.54, 1.807) is 28.4 Å². The summed E-state index contributed by atoms with van der Waals surface area (Å²) in [6.45, 7) is 1.37. The lowest BCUT2D eigenvalue weighted by atomic mass is 10.2. The lowest BCUT2D eigenvalue weighted by Crippen LogP contribution is -2.20. The number of aryl methyl sites for hydroxylation is 1. The minimum Gasteiger partial charge on any atom is -0.460 e. The Labute approximate surface area is 193 Å². The molecule has 9 heteroatoms. The van der Waals surface area contributed by atoms with E-state index >= 15 is 0 Å². The molecule has 0 radical (unpaired) electrons. The van der Waals surface area contributed by atoms with Crippen LogP contribution in [0.5, 0.6) is 0 Å². The van der Waals surface area contributed by atoms with Gasteiger partial charge in [0.1, 0.15) is 22.5 Å². The summed E-state index contributed by atoms with van der Waals surface area (Å²) in [5, 5.41) is 18.3. The molecule has 4 aromatic rings. The van der Waals surface area contributed by atoms with Crippen LogP contribution in [0.4, 0.5) is 5.00 Å². The standard InChI is InChI=1S/C24H18N4O4S/c1-16-7-9-20(32-16)23-18(14-28(27-23)19-5-3-2-4-6-19)8-10-22(30)31-15-21(29)26-24-17(13-25)11-12-33-24/h2-12,14H,15H2,1H3,(H,26,29)/b10-8+. The highest BCUT2D eigenvalue weighted by atomic mass is 32.1. The maximum absolute atomic E-state index is 12.2. The van der Waals surface area contributed by atoms with Gasteiger partial charge in [0, 0.05) is 17.8 Å². The van der Waals surface area contributed by atoms with Crippen molar-refractivity contribution in [2.45, 2.75) is 6.92 Å². The number of rotatable bonds is 7. The molecule has 0 fully saturated rings. The SMILES string of the molecule is Cc1ccc(-c2nn(-c3ccccc3)cc2/C=C/C(=O)OCC(=O)Nc2sccc2C#N)o1. The van der Waals surface area contributed by atoms with Gasteiger partial charge in [-0.05, 0) is 48.7 Å². The van der Waals surface area contributed by atoms with Gasteiger partial charge in [0.25, 0.3) is 5.91 Å². The minimum atomic E-state index is -0.689. The molecular formula is C24H18N4O4S. The number of ether oxygens (including phenoxy) is 1. The third-order valence-electron chi connectivity index (χ3n) is 4.52. The molecule has 0 saturated carbocycles. The Balaban J connectivity index is 1.46. The zero-order valence-corrected chi connectivity index (χ0v) is 18.3. The number of thiophene rings is 1. The average molecular weight is 458 g/mol. The van der Waals surface area contributed by atoms with Gasteiger partial charge < -0.3 is 14.5 Å². The quantitative estimate of drug-likeness (QED) is 0.321. The van der Waals surface area contributed by atoms with Crippen LogP contribution in [0.15, 0.2) is 70.6 Å². The van der Waals surface area contributed by atoms with Gasteiger partial charge in [-0.1, -0.05) is 18.2 Å². The Morgan fingerprint density at radius 2 is 2.06 bits per heavy atom. The molecular weight excluding hydrogens is 440 g/mol. The number of carbonyl (C=O) groups is 2. The van der Waals surface area contributed by atoms with Gasteiger partial charge in [-0.25, -0.2) is 9.48 Å². The summed E-state index contributed by atoms with van der Waals surface area (Å²) in [6, 6.07) is 16.8. The second kappa shape index (κ2) is 9.80. The van der Waals surface area contributed by atoms with E-state index in [9.17, 15) is 9.59 Å². The van der Waals surface area contributed by atoms with Gasteiger partial charge in [0.2, 0.25) is 0 Å². The van der Waals surface area contributed by atoms with Crippen LogP contribution in [0.1, 0.15) is 16.9 Å². The topological polar surface area (TPSA) is 110 Å². The summed E-state index contributed by atoms with van der Waals surface area (Å²) in [5.41, 5.74) is 2.42. The fraction of sp³-hybridized carbons (Fsp3) is 0.0833. The van der Waals surface area contributed by atoms with E-state index < -0.39 is 18.5 Å². The van der Waals surface area contributed by atoms with Gasteiger partial charge in [0.15, 0.2) is 12.4 Å². The largest absolute Gasteiger partial charge is 0.460 e. The van der Waals surface area contributed by atoms with Crippen LogP contribution in [-0.2, 0) is 14.3 Å². The molecule has 0 unspecified atom stereocenters. The number of hydrogen-bond acceptors (Lipinski definition) is 7. The Bertz CT molecular complexity index is 1360. The molecule has 3 heterocycles. The smallest absolute Gasteiger partial charge is 0.331 e. The number of para-hydroxylation sites is 1. The van der Waals surface area contributed by atoms with E-state index in [0.29, 0.717) is 27.6 Å². The van der Waals surface area contributed by atoms with Gasteiger partial charge in [-0.15, -0.1) is 11.3 Å². The predicted octanol–water partition coefficient (Wildman–Crippen LogP) is 4.57. The molecule has 1 amide bonds. The first kappa shape index (κ1) is 21.8. The molecule has 0 aliphatic heterocycles. The number of hydrogen-bond donors (Lipinski definition) is 1. The van der Waals surface area contributed by atoms with E-state index in [2.05, 4.69) is 10.4 Å². The number of esters is 1. The van der Waals surface area contributed by atoms with Crippen LogP contribution in [0.3, 0.4) is 0 Å². The number of furan rings is 1. The van der Waals surface area contributed by atoms with E-state index in [-0.39, 0.29) is 0 Å². The summed E-state index contributed by atoms with van der Waals surface area (Å²) < 4.78 is 12.4. The molecule has 0 bridgehead atoms. The Morgan fingerprint density at radius 3 is 2.79 bits per heavy atom. The Kier molecular flexibility index (Phi) is 6.48. The molecule has 0 saturated heterocycles. The zero-order valence-electron chi connectivity index (χ0n) is 17.5. The maximum Gasteiger partial charge on any atom is 0.331 e. The van der Waals surface area contributed by atoms with Gasteiger partial charge in [0.05, 0.1) is 11.3 Å². The minimum absolute atomic E-state index is 0.357. The molecule has 0 aliphatic carbocycles. The summed E-state index contributed by atoms with van der Waals surface area (Å²) >= 11 is 1.22. The number of benzene rings is 1. The average Bonchev–Trinajstić information content (AvgIpc) is 3.56. The van der Waals surface area contributed by atoms with E-state index in [4.69, 9.17) is 14.4 Å². The van der Waals surface area contributed by atoms with Crippen LogP contribution < -0.4 is 5.32 Å². The van der Waals surface area contributed by atoms with Gasteiger partial charge in [-0.2, -0.15) is 10.4 Å². The van der Waals surface area contributed by atoms with Crippen molar-refractivity contribution in [3.05, 3.63) is 83.1 Å². The fourth-order valence-corrected chi connectivity index (χ4v) is 3.73. The molecule has 1 aromatic carbocycles. The Morgan fingerprint density at radius 1 is 1.24 bits per heavy atom. The normalized spacial score (nSPS) is 10.8. The maximum atomic E-state index is 12.2. The number of nitrogens with zero attached hydrogens (tertiary/aromatic N) is 3. The highest BCUT2D eigenvalue weighted by Crippen LogP contribution is 2.26. The third-order valence-corrected chi connectivity index (χ3v) is 5.35. The summed E-state index contributed by atoms with van der Waals surface area (Å²) in [7, 11) is 0. The van der Waals surface area contributed by atoms with Gasteiger partial charge >= 0.3 is 5.97 Å². The Hall–Kier alpha value is -4.42. The third kappa shape index (κ3) is 5.26. The lowest BCUT2D eigenvalue weighted by molar-refractivity contribution is -0.142. The second-order valence-electron chi connectivity index (χ2n) is 6.89. The first-order valence-corrected chi connectivity index (χ1v) is 10.8. The molecule has 0 atom stereocenters. The van der Waals surface area contributed by atoms with Crippen molar-refractivity contribution in [2.24, 2.45) is 0 Å². The molecule has 33 heavy (non-hydrogen) atoms. The summed E-state index contributed by atoms with van der Waals surface area (Å²) in [6.07, 6.45) is 4.57. The van der Waals surface area contributed by atoms with E-state index in [1.165, 1.54) is 17.4 Å². The van der Waals surface area contributed by atoms with Crippen molar-refractivity contribution in [1.82, 2.24) is 9.78 Å². The van der Waals surface area contributed by atoms with Crippen LogP contribution in [-0.4, -0.2) is 28.3 Å². The summed E-state index contributed by atoms with van der Waals surface area (Å²) in [4.78, 5) is 24.2. The van der Waals surface area contributed by atoms with Crippen molar-refractivity contribution in [3.8, 4) is 23.2 Å². The predicted molar refractivity (Wildman–Crippen MR) is 124 cm³/mol. The zero-order chi connectivity index (χ0) is 23.2. The number of nitrogens with one attached hydrogen (secondary N) is 1. The second-order valence-corrected chi connectivity index (χ2v) is 7.80. The number of aromatic nitrogens is 2. The van der Waals surface area contributed by atoms with Gasteiger partial charge in [-0.3, -0.25) is 4.79 Å². The first-order chi connectivity index (χ1) is 16.0. The fourth-order valence-electron chi connectivity index (χ4n) is 2.97. The number of nitriles is 1. The first-order valence-electron chi connectivity index (χ1n) is 9.87. The number of anilines is 1. The molecule has 4 rings (SSSR count).